The molecule has 2 bridgehead atoms. The van der Waals surface area contributed by atoms with Gasteiger partial charge < -0.3 is 25.1 Å². The van der Waals surface area contributed by atoms with Crippen LogP contribution in [0.5, 0.6) is 0 Å². The van der Waals surface area contributed by atoms with Crippen molar-refractivity contribution in [2.45, 2.75) is 50.7 Å². The maximum Gasteiger partial charge on any atom is 0.254 e. The lowest BCUT2D eigenvalue weighted by atomic mass is 10.1. The number of benzene rings is 2. The predicted octanol–water partition coefficient (Wildman–Crippen LogP) is 3.80. The first kappa shape index (κ1) is 22.3. The monoisotopic (exact) mass is 512 g/mol. The van der Waals surface area contributed by atoms with Gasteiger partial charge in [0.15, 0.2) is 5.82 Å². The summed E-state index contributed by atoms with van der Waals surface area (Å²) < 4.78 is 19.6. The van der Waals surface area contributed by atoms with Crippen LogP contribution in [-0.2, 0) is 24.8 Å². The molecule has 9 heteroatoms. The molecule has 3 fully saturated rings. The number of fused-ring (bicyclic) bond motifs is 6. The molecule has 2 aromatic carbocycles. The fourth-order valence-electron chi connectivity index (χ4n) is 7.12. The summed E-state index contributed by atoms with van der Waals surface area (Å²) in [6, 6.07) is 9.18. The summed E-state index contributed by atoms with van der Waals surface area (Å²) in [5.41, 5.74) is 11.3. The number of carbonyl (C=O) groups is 2. The Morgan fingerprint density at radius 2 is 2.00 bits per heavy atom. The molecule has 8 nitrogen and oxygen atoms in total. The van der Waals surface area contributed by atoms with Gasteiger partial charge >= 0.3 is 0 Å². The molecule has 4 aromatic rings. The molecule has 194 valence electrons. The van der Waals surface area contributed by atoms with Crippen LogP contribution >= 0.6 is 0 Å². The lowest BCUT2D eigenvalue weighted by molar-refractivity contribution is -0.115. The molecule has 2 aliphatic heterocycles. The normalized spacial score (nSPS) is 24.1. The largest absolute Gasteiger partial charge is 0.337 e. The molecular formula is C29H29FN6O2. The summed E-state index contributed by atoms with van der Waals surface area (Å²) in [4.78, 5) is 32.3. The van der Waals surface area contributed by atoms with E-state index in [0.29, 0.717) is 47.2 Å². The fraction of sp³-hybridized carbons (Fsp3) is 0.414. The summed E-state index contributed by atoms with van der Waals surface area (Å²) in [6.07, 6.45) is 4.67. The van der Waals surface area contributed by atoms with Gasteiger partial charge in [-0.2, -0.15) is 0 Å². The van der Waals surface area contributed by atoms with Gasteiger partial charge in [0.25, 0.3) is 5.91 Å². The topological polar surface area (TPSA) is 98.2 Å². The zero-order valence-corrected chi connectivity index (χ0v) is 21.2. The van der Waals surface area contributed by atoms with E-state index in [-0.39, 0.29) is 23.9 Å². The van der Waals surface area contributed by atoms with Crippen LogP contribution in [-0.4, -0.2) is 49.5 Å². The minimum absolute atomic E-state index is 0.00222. The SMILES string of the molecule is Cn1c(-c2cc3ccc4c(c3n2CC2CC2)CC(=O)N4)nc2cc(C(=O)N3C[C@H]4CC[C@@H]3[C@@H]4N)cc(F)c21. The predicted molar refractivity (Wildman–Crippen MR) is 142 cm³/mol. The van der Waals surface area contributed by atoms with Crippen molar-refractivity contribution >= 4 is 39.4 Å². The molecule has 2 amide bonds. The third-order valence-electron chi connectivity index (χ3n) is 9.23. The third-order valence-corrected chi connectivity index (χ3v) is 9.23. The molecule has 8 rings (SSSR count). The second kappa shape index (κ2) is 7.66. The van der Waals surface area contributed by atoms with Crippen LogP contribution in [0.4, 0.5) is 10.1 Å². The molecule has 3 atom stereocenters. The second-order valence-corrected chi connectivity index (χ2v) is 11.6. The van der Waals surface area contributed by atoms with Crippen molar-refractivity contribution in [1.29, 1.82) is 0 Å². The second-order valence-electron chi connectivity index (χ2n) is 11.6. The van der Waals surface area contributed by atoms with E-state index in [1.165, 1.54) is 18.9 Å². The van der Waals surface area contributed by atoms with Gasteiger partial charge in [-0.1, -0.05) is 6.07 Å². The Balaban J connectivity index is 1.26. The van der Waals surface area contributed by atoms with Crippen LogP contribution in [0.25, 0.3) is 33.5 Å². The number of amides is 2. The molecule has 0 radical (unpaired) electrons. The molecule has 2 aliphatic carbocycles. The van der Waals surface area contributed by atoms with E-state index in [0.717, 1.165) is 47.2 Å². The number of nitrogens with one attached hydrogen (secondary N) is 1. The lowest BCUT2D eigenvalue weighted by Crippen LogP contribution is -2.41. The summed E-state index contributed by atoms with van der Waals surface area (Å²) in [5.74, 6) is 0.941. The lowest BCUT2D eigenvalue weighted by Gasteiger charge is -2.27. The van der Waals surface area contributed by atoms with Gasteiger partial charge in [-0.3, -0.25) is 9.59 Å². The average Bonchev–Trinajstić information content (AvgIpc) is 3.14. The number of halogens is 1. The van der Waals surface area contributed by atoms with Gasteiger partial charge in [0.05, 0.1) is 23.1 Å². The Labute approximate surface area is 218 Å². The number of likely N-dealkylation sites (tertiary alicyclic amines) is 1. The number of anilines is 1. The number of rotatable bonds is 4. The van der Waals surface area contributed by atoms with Gasteiger partial charge in [0.1, 0.15) is 11.3 Å². The highest BCUT2D eigenvalue weighted by atomic mass is 19.1. The number of nitrogens with zero attached hydrogens (tertiary/aromatic N) is 4. The number of imidazole rings is 1. The van der Waals surface area contributed by atoms with Crippen molar-refractivity contribution < 1.29 is 14.0 Å². The van der Waals surface area contributed by atoms with E-state index in [4.69, 9.17) is 10.7 Å². The van der Waals surface area contributed by atoms with Crippen molar-refractivity contribution in [3.8, 4) is 11.5 Å². The Morgan fingerprint density at radius 1 is 1.16 bits per heavy atom. The van der Waals surface area contributed by atoms with Crippen LogP contribution in [0.15, 0.2) is 30.3 Å². The Bertz CT molecular complexity index is 1700. The highest BCUT2D eigenvalue weighted by Gasteiger charge is 2.47. The zero-order valence-electron chi connectivity index (χ0n) is 21.2. The molecular weight excluding hydrogens is 483 g/mol. The minimum Gasteiger partial charge on any atom is -0.337 e. The molecule has 2 saturated carbocycles. The first-order valence-electron chi connectivity index (χ1n) is 13.5. The third kappa shape index (κ3) is 3.08. The molecule has 4 heterocycles. The molecule has 38 heavy (non-hydrogen) atoms. The van der Waals surface area contributed by atoms with Crippen LogP contribution in [0.1, 0.15) is 41.6 Å². The van der Waals surface area contributed by atoms with E-state index in [1.807, 2.05) is 24.1 Å². The molecule has 1 saturated heterocycles. The Hall–Kier alpha value is -3.72. The van der Waals surface area contributed by atoms with Crippen molar-refractivity contribution in [1.82, 2.24) is 19.0 Å². The fourth-order valence-corrected chi connectivity index (χ4v) is 7.12. The summed E-state index contributed by atoms with van der Waals surface area (Å²) in [5, 5.41) is 4.00. The van der Waals surface area contributed by atoms with Crippen molar-refractivity contribution in [2.24, 2.45) is 24.6 Å². The number of nitrogens with two attached hydrogens (primary N) is 1. The summed E-state index contributed by atoms with van der Waals surface area (Å²) in [7, 11) is 1.82. The van der Waals surface area contributed by atoms with E-state index in [2.05, 4.69) is 16.0 Å². The maximum absolute atomic E-state index is 15.6. The first-order valence-corrected chi connectivity index (χ1v) is 13.5. The number of carbonyl (C=O) groups excluding carboxylic acids is 2. The minimum atomic E-state index is -0.457. The quantitative estimate of drug-likeness (QED) is 0.435. The van der Waals surface area contributed by atoms with Gasteiger partial charge in [-0.25, -0.2) is 9.37 Å². The highest BCUT2D eigenvalue weighted by molar-refractivity contribution is 6.06. The molecule has 4 aliphatic rings. The Kier molecular flexibility index (Phi) is 4.49. The first-order chi connectivity index (χ1) is 18.4. The average molecular weight is 513 g/mol. The highest BCUT2D eigenvalue weighted by Crippen LogP contribution is 2.41. The van der Waals surface area contributed by atoms with Gasteiger partial charge in [0.2, 0.25) is 5.91 Å². The van der Waals surface area contributed by atoms with Crippen LogP contribution in [0.3, 0.4) is 0 Å². The zero-order chi connectivity index (χ0) is 25.9. The Morgan fingerprint density at radius 3 is 2.74 bits per heavy atom. The summed E-state index contributed by atoms with van der Waals surface area (Å²) in [6.45, 7) is 1.47. The van der Waals surface area contributed by atoms with E-state index in [1.54, 1.807) is 10.6 Å². The number of piperidine rings is 1. The van der Waals surface area contributed by atoms with E-state index in [9.17, 15) is 9.59 Å². The van der Waals surface area contributed by atoms with Crippen LogP contribution < -0.4 is 11.1 Å². The molecule has 0 unspecified atom stereocenters. The molecule has 3 N–H and O–H groups in total. The van der Waals surface area contributed by atoms with Crippen molar-refractivity contribution in [3.05, 3.63) is 47.3 Å². The molecule has 0 spiro atoms. The van der Waals surface area contributed by atoms with Crippen molar-refractivity contribution in [3.63, 3.8) is 0 Å². The van der Waals surface area contributed by atoms with E-state index >= 15 is 4.39 Å². The smallest absolute Gasteiger partial charge is 0.254 e. The number of aromatic nitrogens is 3. The maximum atomic E-state index is 15.6. The number of hydrogen-bond acceptors (Lipinski definition) is 4. The van der Waals surface area contributed by atoms with Crippen LogP contribution in [0.2, 0.25) is 0 Å². The van der Waals surface area contributed by atoms with Crippen molar-refractivity contribution in [2.75, 3.05) is 11.9 Å². The molecule has 2 aromatic heterocycles. The van der Waals surface area contributed by atoms with Crippen LogP contribution in [0, 0.1) is 17.7 Å². The standard InChI is InChI=1S/C29H29FN6O2/c1-34-27-19(30)8-17(29(38)36-13-16-5-7-22(36)25(16)31)9-21(27)33-28(34)23-10-15-4-6-20-18(11-24(37)32-20)26(15)35(23)12-14-2-3-14/h4,6,8-10,14,16,22,25H,2-3,5,7,11-13,31H2,1H3,(H,32,37)/t16-,22-,25-/m1/s1. The number of hydrogen-bond donors (Lipinski definition) is 2. The van der Waals surface area contributed by atoms with Gasteiger partial charge in [-0.15, -0.1) is 0 Å². The van der Waals surface area contributed by atoms with Gasteiger partial charge in [0, 0.05) is 54.4 Å². The van der Waals surface area contributed by atoms with Gasteiger partial charge in [-0.05, 0) is 61.8 Å². The van der Waals surface area contributed by atoms with E-state index < -0.39 is 5.82 Å². The summed E-state index contributed by atoms with van der Waals surface area (Å²) >= 11 is 0. The number of aryl methyl sites for hydroxylation is 1.